The Morgan fingerprint density at radius 2 is 1.87 bits per heavy atom. The van der Waals surface area contributed by atoms with Gasteiger partial charge in [0, 0.05) is 11.5 Å². The van der Waals surface area contributed by atoms with Gasteiger partial charge >= 0.3 is 17.6 Å². The number of aromatic hydroxyl groups is 1. The van der Waals surface area contributed by atoms with Crippen LogP contribution >= 0.6 is 0 Å². The first-order valence-electron chi connectivity index (χ1n) is 9.19. The standard InChI is InChI=1S/C20H18N4O7/c1-2-30-18(26)11-23-14-8-4-3-7-13(14)19(20(23)27)22-21-17(25)12-31-16-10-6-5-9-15(16)24(28)29/h3-10,27H,2,11-12H2,1H3. The molecule has 0 bridgehead atoms. The summed E-state index contributed by atoms with van der Waals surface area (Å²) in [4.78, 5) is 34.3. The van der Waals surface area contributed by atoms with Crippen LogP contribution in [0.4, 0.5) is 11.4 Å². The summed E-state index contributed by atoms with van der Waals surface area (Å²) in [6.45, 7) is 1.03. The van der Waals surface area contributed by atoms with E-state index in [1.54, 1.807) is 31.2 Å². The molecule has 3 rings (SSSR count). The minimum absolute atomic E-state index is 0.000981. The van der Waals surface area contributed by atoms with Crippen molar-refractivity contribution in [2.45, 2.75) is 13.5 Å². The quantitative estimate of drug-likeness (QED) is 0.251. The number of carbonyl (C=O) groups excluding carboxylic acids is 2. The minimum atomic E-state index is -0.820. The Morgan fingerprint density at radius 3 is 2.61 bits per heavy atom. The molecule has 2 aromatic carbocycles. The minimum Gasteiger partial charge on any atom is -0.493 e. The Kier molecular flexibility index (Phi) is 6.55. The van der Waals surface area contributed by atoms with Crippen LogP contribution in [0.3, 0.4) is 0 Å². The molecule has 1 N–H and O–H groups in total. The number of fused-ring (bicyclic) bond motifs is 1. The van der Waals surface area contributed by atoms with Crippen LogP contribution in [0.15, 0.2) is 58.8 Å². The number of hydrogen-bond donors (Lipinski definition) is 1. The summed E-state index contributed by atoms with van der Waals surface area (Å²) in [5.41, 5.74) is 0.219. The second kappa shape index (κ2) is 9.48. The Labute approximate surface area is 175 Å². The number of nitro benzene ring substituents is 1. The van der Waals surface area contributed by atoms with Crippen LogP contribution in [0.25, 0.3) is 10.9 Å². The van der Waals surface area contributed by atoms with Gasteiger partial charge < -0.3 is 14.6 Å². The molecule has 31 heavy (non-hydrogen) atoms. The highest BCUT2D eigenvalue weighted by Gasteiger charge is 2.19. The molecule has 1 aromatic heterocycles. The van der Waals surface area contributed by atoms with E-state index in [1.165, 1.54) is 28.8 Å². The van der Waals surface area contributed by atoms with Gasteiger partial charge in [-0.05, 0) is 19.1 Å². The van der Waals surface area contributed by atoms with Crippen molar-refractivity contribution in [3.63, 3.8) is 0 Å². The SMILES string of the molecule is CCOC(=O)Cn1c(O)c(N=NC(=O)COc2ccccc2[N+](=O)[O-])c2ccccc21. The Hall–Kier alpha value is -4.28. The highest BCUT2D eigenvalue weighted by atomic mass is 16.6. The highest BCUT2D eigenvalue weighted by Crippen LogP contribution is 2.38. The van der Waals surface area contributed by atoms with Gasteiger partial charge in [-0.3, -0.25) is 24.3 Å². The van der Waals surface area contributed by atoms with Crippen molar-refractivity contribution in [3.05, 3.63) is 58.6 Å². The number of para-hydroxylation sites is 3. The summed E-state index contributed by atoms with van der Waals surface area (Å²) in [6, 6.07) is 12.4. The fourth-order valence-corrected chi connectivity index (χ4v) is 2.87. The maximum absolute atomic E-state index is 12.1. The maximum Gasteiger partial charge on any atom is 0.326 e. The molecule has 11 nitrogen and oxygen atoms in total. The van der Waals surface area contributed by atoms with Crippen molar-refractivity contribution in [2.75, 3.05) is 13.2 Å². The first kappa shape index (κ1) is 21.4. The monoisotopic (exact) mass is 426 g/mol. The van der Waals surface area contributed by atoms with Gasteiger partial charge in [0.05, 0.1) is 17.0 Å². The van der Waals surface area contributed by atoms with Crippen LogP contribution in [0, 0.1) is 10.1 Å². The number of ether oxygens (including phenoxy) is 2. The van der Waals surface area contributed by atoms with E-state index in [0.29, 0.717) is 10.9 Å². The molecule has 0 unspecified atom stereocenters. The average molecular weight is 426 g/mol. The molecule has 0 aliphatic heterocycles. The molecule has 160 valence electrons. The third-order valence-corrected chi connectivity index (χ3v) is 4.18. The molecule has 0 saturated carbocycles. The number of nitro groups is 1. The van der Waals surface area contributed by atoms with Gasteiger partial charge in [0.15, 0.2) is 18.0 Å². The average Bonchev–Trinajstić information content (AvgIpc) is 3.02. The van der Waals surface area contributed by atoms with Gasteiger partial charge in [-0.2, -0.15) is 0 Å². The predicted octanol–water partition coefficient (Wildman–Crippen LogP) is 3.51. The molecule has 0 spiro atoms. The lowest BCUT2D eigenvalue weighted by Gasteiger charge is -2.06. The second-order valence-corrected chi connectivity index (χ2v) is 6.19. The van der Waals surface area contributed by atoms with Crippen molar-refractivity contribution < 1.29 is 29.1 Å². The molecular formula is C20H18N4O7. The van der Waals surface area contributed by atoms with Crippen molar-refractivity contribution in [2.24, 2.45) is 10.2 Å². The maximum atomic E-state index is 12.1. The molecule has 11 heteroatoms. The van der Waals surface area contributed by atoms with Gasteiger partial charge in [-0.15, -0.1) is 10.2 Å². The third kappa shape index (κ3) is 4.83. The van der Waals surface area contributed by atoms with Crippen LogP contribution < -0.4 is 4.74 Å². The van der Waals surface area contributed by atoms with E-state index in [9.17, 15) is 24.8 Å². The first-order valence-corrected chi connectivity index (χ1v) is 9.19. The van der Waals surface area contributed by atoms with E-state index in [4.69, 9.17) is 9.47 Å². The van der Waals surface area contributed by atoms with Gasteiger partial charge in [0.25, 0.3) is 0 Å². The van der Waals surface area contributed by atoms with Crippen molar-refractivity contribution in [1.82, 2.24) is 4.57 Å². The van der Waals surface area contributed by atoms with Crippen molar-refractivity contribution >= 4 is 34.2 Å². The number of aromatic nitrogens is 1. The van der Waals surface area contributed by atoms with E-state index in [1.807, 2.05) is 0 Å². The number of amides is 1. The number of azo groups is 1. The summed E-state index contributed by atoms with van der Waals surface area (Å²) in [5.74, 6) is -1.80. The molecule has 1 heterocycles. The lowest BCUT2D eigenvalue weighted by Crippen LogP contribution is -2.12. The number of carbonyl (C=O) groups is 2. The largest absolute Gasteiger partial charge is 0.493 e. The summed E-state index contributed by atoms with van der Waals surface area (Å²) < 4.78 is 11.4. The van der Waals surface area contributed by atoms with Crippen LogP contribution in [0.5, 0.6) is 11.6 Å². The van der Waals surface area contributed by atoms with Crippen molar-refractivity contribution in [3.8, 4) is 11.6 Å². The summed E-state index contributed by atoms with van der Waals surface area (Å²) in [5, 5.41) is 29.3. The Bertz CT molecular complexity index is 1170. The lowest BCUT2D eigenvalue weighted by molar-refractivity contribution is -0.385. The number of benzene rings is 2. The van der Waals surface area contributed by atoms with E-state index in [-0.39, 0.29) is 36.2 Å². The van der Waals surface area contributed by atoms with E-state index >= 15 is 0 Å². The molecule has 1 amide bonds. The van der Waals surface area contributed by atoms with Gasteiger partial charge in [-0.1, -0.05) is 30.3 Å². The number of nitrogens with zero attached hydrogens (tertiary/aromatic N) is 4. The van der Waals surface area contributed by atoms with Gasteiger partial charge in [-0.25, -0.2) is 0 Å². The second-order valence-electron chi connectivity index (χ2n) is 6.19. The van der Waals surface area contributed by atoms with Gasteiger partial charge in [0.2, 0.25) is 5.88 Å². The van der Waals surface area contributed by atoms with Crippen LogP contribution in [-0.4, -0.2) is 39.7 Å². The zero-order valence-corrected chi connectivity index (χ0v) is 16.4. The molecule has 0 atom stereocenters. The third-order valence-electron chi connectivity index (χ3n) is 4.18. The smallest absolute Gasteiger partial charge is 0.326 e. The fraction of sp³-hybridized carbons (Fsp3) is 0.200. The van der Waals surface area contributed by atoms with Crippen molar-refractivity contribution in [1.29, 1.82) is 0 Å². The van der Waals surface area contributed by atoms with E-state index in [2.05, 4.69) is 10.2 Å². The summed E-state index contributed by atoms with van der Waals surface area (Å²) in [6.07, 6.45) is 0. The van der Waals surface area contributed by atoms with Crippen LogP contribution in [-0.2, 0) is 20.9 Å². The van der Waals surface area contributed by atoms with Gasteiger partial charge in [0.1, 0.15) is 6.54 Å². The Morgan fingerprint density at radius 1 is 1.16 bits per heavy atom. The number of hydrogen-bond acceptors (Lipinski definition) is 8. The first-order chi connectivity index (χ1) is 14.9. The zero-order valence-electron chi connectivity index (χ0n) is 16.4. The zero-order chi connectivity index (χ0) is 22.4. The molecule has 3 aromatic rings. The fourth-order valence-electron chi connectivity index (χ4n) is 2.87. The molecule has 0 radical (unpaired) electrons. The topological polar surface area (TPSA) is 146 Å². The molecule has 0 saturated heterocycles. The van der Waals surface area contributed by atoms with Crippen LogP contribution in [0.2, 0.25) is 0 Å². The lowest BCUT2D eigenvalue weighted by atomic mass is 10.2. The summed E-state index contributed by atoms with van der Waals surface area (Å²) in [7, 11) is 0. The van der Waals surface area contributed by atoms with E-state index in [0.717, 1.165) is 0 Å². The predicted molar refractivity (Wildman–Crippen MR) is 108 cm³/mol. The summed E-state index contributed by atoms with van der Waals surface area (Å²) >= 11 is 0. The molecular weight excluding hydrogens is 408 g/mol. The number of esters is 1. The number of rotatable bonds is 8. The van der Waals surface area contributed by atoms with Crippen LogP contribution in [0.1, 0.15) is 6.92 Å². The highest BCUT2D eigenvalue weighted by molar-refractivity contribution is 5.96. The molecule has 0 aliphatic carbocycles. The normalized spacial score (nSPS) is 11.0. The molecule has 0 aliphatic rings. The molecule has 0 fully saturated rings. The Balaban J connectivity index is 1.80. The van der Waals surface area contributed by atoms with E-state index < -0.39 is 23.4 Å².